The van der Waals surface area contributed by atoms with E-state index in [1.807, 2.05) is 12.1 Å². The molecule has 0 spiro atoms. The van der Waals surface area contributed by atoms with Gasteiger partial charge in [0.2, 0.25) is 0 Å². The summed E-state index contributed by atoms with van der Waals surface area (Å²) in [6.07, 6.45) is 12.1. The quantitative estimate of drug-likeness (QED) is 0.337. The van der Waals surface area contributed by atoms with Crippen molar-refractivity contribution in [2.75, 3.05) is 31.1 Å². The molecule has 1 unspecified atom stereocenters. The zero-order valence-corrected chi connectivity index (χ0v) is 23.6. The SMILES string of the molecule is CC(=O)c1ccc(C=O)c(C2=C3C=C4CCCN5CCCC(=C3Oc3c2cc2c6c3CCCN6CCC2)C45C)c1. The third-order valence-corrected chi connectivity index (χ3v) is 10.5. The molecule has 5 heteroatoms. The maximum atomic E-state index is 12.6. The number of fused-ring (bicyclic) bond motifs is 3. The molecule has 5 aliphatic heterocycles. The Morgan fingerprint density at radius 2 is 1.73 bits per heavy atom. The van der Waals surface area contributed by atoms with E-state index in [0.717, 1.165) is 118 Å². The van der Waals surface area contributed by atoms with Crippen LogP contribution in [-0.4, -0.2) is 48.7 Å². The maximum Gasteiger partial charge on any atom is 0.159 e. The minimum atomic E-state index is -0.107. The summed E-state index contributed by atoms with van der Waals surface area (Å²) < 4.78 is 7.18. The van der Waals surface area contributed by atoms with Crippen molar-refractivity contribution in [1.82, 2.24) is 4.90 Å². The number of hydrogen-bond acceptors (Lipinski definition) is 5. The van der Waals surface area contributed by atoms with Crippen LogP contribution < -0.4 is 9.64 Å². The van der Waals surface area contributed by atoms with E-state index in [1.165, 1.54) is 28.0 Å². The van der Waals surface area contributed by atoms with Crippen molar-refractivity contribution in [3.05, 3.63) is 86.2 Å². The third kappa shape index (κ3) is 3.24. The summed E-state index contributed by atoms with van der Waals surface area (Å²) in [7, 11) is 0. The molecule has 2 fully saturated rings. The van der Waals surface area contributed by atoms with Gasteiger partial charge >= 0.3 is 0 Å². The number of hydrogen-bond donors (Lipinski definition) is 0. The highest BCUT2D eigenvalue weighted by Crippen LogP contribution is 2.56. The van der Waals surface area contributed by atoms with Gasteiger partial charge in [-0.25, -0.2) is 0 Å². The molecule has 2 aromatic carbocycles. The molecule has 5 nitrogen and oxygen atoms in total. The molecule has 0 bridgehead atoms. The lowest BCUT2D eigenvalue weighted by atomic mass is 9.67. The number of carbonyl (C=O) groups is 2. The van der Waals surface area contributed by atoms with Crippen molar-refractivity contribution >= 4 is 23.3 Å². The number of nitrogens with zero attached hydrogens (tertiary/aromatic N) is 2. The number of benzene rings is 2. The summed E-state index contributed by atoms with van der Waals surface area (Å²) in [5.41, 5.74) is 12.2. The van der Waals surface area contributed by atoms with Crippen molar-refractivity contribution in [2.45, 2.75) is 70.8 Å². The van der Waals surface area contributed by atoms with Crippen LogP contribution in [0.15, 0.2) is 52.8 Å². The van der Waals surface area contributed by atoms with E-state index in [1.54, 1.807) is 13.0 Å². The van der Waals surface area contributed by atoms with Crippen LogP contribution in [0.1, 0.15) is 95.3 Å². The predicted octanol–water partition coefficient (Wildman–Crippen LogP) is 6.44. The number of rotatable bonds is 3. The maximum absolute atomic E-state index is 12.6. The van der Waals surface area contributed by atoms with Crippen LogP contribution in [0.5, 0.6) is 5.75 Å². The number of aldehydes is 1. The summed E-state index contributed by atoms with van der Waals surface area (Å²) in [6.45, 7) is 8.46. The Hall–Kier alpha value is -3.44. The van der Waals surface area contributed by atoms with Gasteiger partial charge in [0.25, 0.3) is 0 Å². The number of allylic oxidation sites excluding steroid dienone is 1. The zero-order valence-electron chi connectivity index (χ0n) is 23.6. The molecule has 0 saturated carbocycles. The Kier molecular flexibility index (Phi) is 5.35. The lowest BCUT2D eigenvalue weighted by molar-refractivity contribution is 0.101. The summed E-state index contributed by atoms with van der Waals surface area (Å²) in [5.74, 6) is 1.98. The van der Waals surface area contributed by atoms with E-state index in [9.17, 15) is 9.59 Å². The van der Waals surface area contributed by atoms with Gasteiger partial charge in [0.15, 0.2) is 12.1 Å². The second-order valence-corrected chi connectivity index (χ2v) is 12.5. The minimum absolute atomic E-state index is 0.0103. The molecule has 204 valence electrons. The number of aryl methyl sites for hydroxylation is 1. The van der Waals surface area contributed by atoms with Gasteiger partial charge in [-0.3, -0.25) is 14.5 Å². The topological polar surface area (TPSA) is 49.9 Å². The van der Waals surface area contributed by atoms with Gasteiger partial charge in [-0.2, -0.15) is 0 Å². The molecule has 0 amide bonds. The molecule has 6 aliphatic rings. The summed E-state index contributed by atoms with van der Waals surface area (Å²) in [5, 5.41) is 0. The number of Topliss-reactive ketones (excluding diaryl/α,β-unsaturated/α-hetero) is 1. The average Bonchev–Trinajstić information content (AvgIpc) is 2.96. The zero-order chi connectivity index (χ0) is 27.2. The molecule has 5 heterocycles. The number of ketones is 1. The monoisotopic (exact) mass is 532 g/mol. The molecule has 1 aliphatic carbocycles. The van der Waals surface area contributed by atoms with Gasteiger partial charge < -0.3 is 9.64 Å². The molecule has 0 radical (unpaired) electrons. The van der Waals surface area contributed by atoms with Crippen molar-refractivity contribution in [3.63, 3.8) is 0 Å². The van der Waals surface area contributed by atoms with Gasteiger partial charge in [-0.15, -0.1) is 0 Å². The molecule has 0 N–H and O–H groups in total. The fraction of sp³-hybridized carbons (Fsp3) is 0.429. The number of ether oxygens (including phenoxy) is 1. The molecule has 1 atom stereocenters. The second-order valence-electron chi connectivity index (χ2n) is 12.5. The smallest absolute Gasteiger partial charge is 0.159 e. The highest BCUT2D eigenvalue weighted by Gasteiger charge is 2.49. The number of anilines is 1. The molecular weight excluding hydrogens is 496 g/mol. The molecule has 2 aromatic rings. The Bertz CT molecular complexity index is 1600. The van der Waals surface area contributed by atoms with Crippen LogP contribution in [0.3, 0.4) is 0 Å². The van der Waals surface area contributed by atoms with Gasteiger partial charge in [0.05, 0.1) is 5.54 Å². The van der Waals surface area contributed by atoms with E-state index in [2.05, 4.69) is 28.9 Å². The standard InChI is InChI=1S/C35H36N2O3/c1-21(39)22-11-12-24(20-38)27(17-22)31-28-18-23-7-3-13-36-14-5-9-26(32(23)36)33(28)40-34-29(31)19-25-8-4-15-37-16-6-10-30(34)35(25,37)2/h11-12,17-20H,3-10,13-16H2,1-2H3. The van der Waals surface area contributed by atoms with E-state index < -0.39 is 0 Å². The lowest BCUT2D eigenvalue weighted by Crippen LogP contribution is -2.56. The molecule has 40 heavy (non-hydrogen) atoms. The Balaban J connectivity index is 1.49. The number of piperidine rings is 2. The van der Waals surface area contributed by atoms with Crippen molar-refractivity contribution in [3.8, 4) is 5.75 Å². The van der Waals surface area contributed by atoms with Gasteiger partial charge in [-0.1, -0.05) is 12.1 Å². The largest absolute Gasteiger partial charge is 0.456 e. The normalized spacial score (nSPS) is 24.9. The first-order valence-electron chi connectivity index (χ1n) is 15.2. The first kappa shape index (κ1) is 24.4. The molecule has 2 saturated heterocycles. The van der Waals surface area contributed by atoms with E-state index in [4.69, 9.17) is 4.74 Å². The average molecular weight is 533 g/mol. The highest BCUT2D eigenvalue weighted by molar-refractivity contribution is 6.02. The van der Waals surface area contributed by atoms with Crippen molar-refractivity contribution in [1.29, 1.82) is 0 Å². The Morgan fingerprint density at radius 3 is 2.52 bits per heavy atom. The highest BCUT2D eigenvalue weighted by atomic mass is 16.5. The molecule has 8 rings (SSSR count). The predicted molar refractivity (Wildman–Crippen MR) is 157 cm³/mol. The Labute approximate surface area is 236 Å². The van der Waals surface area contributed by atoms with Gasteiger partial charge in [0.1, 0.15) is 11.5 Å². The van der Waals surface area contributed by atoms with Crippen LogP contribution >= 0.6 is 0 Å². The lowest BCUT2D eigenvalue weighted by Gasteiger charge is -2.54. The minimum Gasteiger partial charge on any atom is -0.456 e. The summed E-state index contributed by atoms with van der Waals surface area (Å²) in [4.78, 5) is 30.3. The van der Waals surface area contributed by atoms with E-state index in [0.29, 0.717) is 11.1 Å². The van der Waals surface area contributed by atoms with Crippen LogP contribution in [-0.2, 0) is 12.8 Å². The van der Waals surface area contributed by atoms with Crippen LogP contribution in [0, 0.1) is 0 Å². The van der Waals surface area contributed by atoms with Crippen LogP contribution in [0.25, 0.3) is 5.57 Å². The Morgan fingerprint density at radius 1 is 0.950 bits per heavy atom. The summed E-state index contributed by atoms with van der Waals surface area (Å²) >= 11 is 0. The first-order valence-corrected chi connectivity index (χ1v) is 15.2. The molecule has 0 aromatic heterocycles. The van der Waals surface area contributed by atoms with Crippen LogP contribution in [0.2, 0.25) is 0 Å². The van der Waals surface area contributed by atoms with Gasteiger partial charge in [0, 0.05) is 52.2 Å². The van der Waals surface area contributed by atoms with Crippen molar-refractivity contribution < 1.29 is 14.3 Å². The fourth-order valence-corrected chi connectivity index (χ4v) is 8.56. The van der Waals surface area contributed by atoms with E-state index in [-0.39, 0.29) is 11.3 Å². The van der Waals surface area contributed by atoms with Gasteiger partial charge in [-0.05, 0) is 119 Å². The van der Waals surface area contributed by atoms with Crippen molar-refractivity contribution in [2.24, 2.45) is 0 Å². The third-order valence-electron chi connectivity index (χ3n) is 10.5. The number of carbonyl (C=O) groups excluding carboxylic acids is 2. The fourth-order valence-electron chi connectivity index (χ4n) is 8.56. The van der Waals surface area contributed by atoms with E-state index >= 15 is 0 Å². The molecular formula is C35H36N2O3. The summed E-state index contributed by atoms with van der Waals surface area (Å²) in [6, 6.07) is 7.90. The van der Waals surface area contributed by atoms with Crippen LogP contribution in [0.4, 0.5) is 5.69 Å². The second kappa shape index (κ2) is 8.78. The first-order chi connectivity index (χ1) is 19.5.